The maximum absolute atomic E-state index is 5.61. The normalized spacial score (nSPS) is 26.5. The van der Waals surface area contributed by atoms with E-state index in [1.165, 1.54) is 13.1 Å². The highest BCUT2D eigenvalue weighted by Gasteiger charge is 2.17. The molecule has 1 aliphatic rings. The summed E-state index contributed by atoms with van der Waals surface area (Å²) in [5.74, 6) is 0.765. The molecule has 0 aromatic rings. The lowest BCUT2D eigenvalue weighted by Crippen LogP contribution is -2.54. The Morgan fingerprint density at radius 2 is 2.33 bits per heavy atom. The lowest BCUT2D eigenvalue weighted by Gasteiger charge is -2.34. The predicted octanol–water partition coefficient (Wildman–Crippen LogP) is -0.125. The summed E-state index contributed by atoms with van der Waals surface area (Å²) in [5.41, 5.74) is 5.61. The van der Waals surface area contributed by atoms with Crippen molar-refractivity contribution >= 4 is 0 Å². The minimum atomic E-state index is 0.512. The van der Waals surface area contributed by atoms with Crippen LogP contribution in [-0.4, -0.2) is 43.7 Å². The topological polar surface area (TPSA) is 41.3 Å². The van der Waals surface area contributed by atoms with Crippen LogP contribution in [0.25, 0.3) is 0 Å². The van der Waals surface area contributed by atoms with E-state index in [0.29, 0.717) is 6.04 Å². The van der Waals surface area contributed by atoms with Gasteiger partial charge in [-0.05, 0) is 5.92 Å². The van der Waals surface area contributed by atoms with Crippen molar-refractivity contribution in [2.45, 2.75) is 19.9 Å². The molecule has 3 N–H and O–H groups in total. The first-order valence-electron chi connectivity index (χ1n) is 4.88. The van der Waals surface area contributed by atoms with E-state index in [9.17, 15) is 0 Å². The SMILES string of the molecule is CC(C)CN1CCNC(CN)C1. The van der Waals surface area contributed by atoms with E-state index in [1.54, 1.807) is 0 Å². The summed E-state index contributed by atoms with van der Waals surface area (Å²) >= 11 is 0. The predicted molar refractivity (Wildman–Crippen MR) is 52.1 cm³/mol. The molecule has 0 aliphatic carbocycles. The largest absolute Gasteiger partial charge is 0.329 e. The number of hydrogen-bond acceptors (Lipinski definition) is 3. The fraction of sp³-hybridized carbons (Fsp3) is 1.00. The van der Waals surface area contributed by atoms with E-state index in [0.717, 1.165) is 25.6 Å². The van der Waals surface area contributed by atoms with Crippen molar-refractivity contribution in [1.82, 2.24) is 10.2 Å². The Balaban J connectivity index is 2.25. The fourth-order valence-corrected chi connectivity index (χ4v) is 1.73. The van der Waals surface area contributed by atoms with E-state index in [-0.39, 0.29) is 0 Å². The zero-order chi connectivity index (χ0) is 8.97. The second-order valence-electron chi connectivity index (χ2n) is 4.04. The van der Waals surface area contributed by atoms with E-state index >= 15 is 0 Å². The lowest BCUT2D eigenvalue weighted by atomic mass is 10.1. The third kappa shape index (κ3) is 3.09. The van der Waals surface area contributed by atoms with E-state index in [1.807, 2.05) is 0 Å². The summed E-state index contributed by atoms with van der Waals surface area (Å²) in [7, 11) is 0. The zero-order valence-electron chi connectivity index (χ0n) is 8.21. The number of nitrogens with two attached hydrogens (primary N) is 1. The van der Waals surface area contributed by atoms with Gasteiger partial charge in [-0.25, -0.2) is 0 Å². The van der Waals surface area contributed by atoms with Gasteiger partial charge in [-0.1, -0.05) is 13.8 Å². The molecular weight excluding hydrogens is 150 g/mol. The molecule has 0 aromatic carbocycles. The molecular formula is C9H21N3. The molecule has 12 heavy (non-hydrogen) atoms. The minimum absolute atomic E-state index is 0.512. The van der Waals surface area contributed by atoms with Crippen LogP contribution in [0.3, 0.4) is 0 Å². The van der Waals surface area contributed by atoms with Crippen molar-refractivity contribution in [1.29, 1.82) is 0 Å². The smallest absolute Gasteiger partial charge is 0.0318 e. The highest BCUT2D eigenvalue weighted by atomic mass is 15.2. The number of nitrogens with one attached hydrogen (secondary N) is 1. The first-order valence-corrected chi connectivity index (χ1v) is 4.88. The molecule has 3 heteroatoms. The second kappa shape index (κ2) is 4.80. The third-order valence-electron chi connectivity index (χ3n) is 2.25. The molecule has 1 heterocycles. The first kappa shape index (κ1) is 9.96. The fourth-order valence-electron chi connectivity index (χ4n) is 1.73. The van der Waals surface area contributed by atoms with Crippen LogP contribution in [0.5, 0.6) is 0 Å². The van der Waals surface area contributed by atoms with Gasteiger partial charge in [-0.15, -0.1) is 0 Å². The Morgan fingerprint density at radius 3 is 2.92 bits per heavy atom. The molecule has 3 nitrogen and oxygen atoms in total. The minimum Gasteiger partial charge on any atom is -0.329 e. The number of nitrogens with zero attached hydrogens (tertiary/aromatic N) is 1. The average Bonchev–Trinajstić information content (AvgIpc) is 2.03. The van der Waals surface area contributed by atoms with Gasteiger partial charge in [0.1, 0.15) is 0 Å². The van der Waals surface area contributed by atoms with Gasteiger partial charge in [0.15, 0.2) is 0 Å². The summed E-state index contributed by atoms with van der Waals surface area (Å²) in [4.78, 5) is 2.50. The molecule has 0 bridgehead atoms. The van der Waals surface area contributed by atoms with E-state index in [2.05, 4.69) is 24.1 Å². The molecule has 1 atom stereocenters. The summed E-state index contributed by atoms with van der Waals surface area (Å²) in [6.45, 7) is 9.88. The number of rotatable bonds is 3. The summed E-state index contributed by atoms with van der Waals surface area (Å²) < 4.78 is 0. The van der Waals surface area contributed by atoms with Gasteiger partial charge in [-0.2, -0.15) is 0 Å². The highest BCUT2D eigenvalue weighted by molar-refractivity contribution is 4.79. The van der Waals surface area contributed by atoms with Gasteiger partial charge in [0.25, 0.3) is 0 Å². The third-order valence-corrected chi connectivity index (χ3v) is 2.25. The molecule has 1 rings (SSSR count). The summed E-state index contributed by atoms with van der Waals surface area (Å²) in [6, 6.07) is 0.512. The van der Waals surface area contributed by atoms with Crippen LogP contribution < -0.4 is 11.1 Å². The van der Waals surface area contributed by atoms with Crippen LogP contribution in [0.1, 0.15) is 13.8 Å². The van der Waals surface area contributed by atoms with Crippen LogP contribution in [0.4, 0.5) is 0 Å². The van der Waals surface area contributed by atoms with Crippen molar-refractivity contribution in [3.63, 3.8) is 0 Å². The Hall–Kier alpha value is -0.120. The summed E-state index contributed by atoms with van der Waals surface area (Å²) in [5, 5.41) is 3.41. The molecule has 1 fully saturated rings. The standard InChI is InChI=1S/C9H21N3/c1-8(2)6-12-4-3-11-9(5-10)7-12/h8-9,11H,3-7,10H2,1-2H3. The van der Waals surface area contributed by atoms with Gasteiger partial charge in [0, 0.05) is 38.8 Å². The van der Waals surface area contributed by atoms with Crippen LogP contribution >= 0.6 is 0 Å². The van der Waals surface area contributed by atoms with Crippen molar-refractivity contribution in [2.24, 2.45) is 11.7 Å². The van der Waals surface area contributed by atoms with E-state index < -0.39 is 0 Å². The molecule has 0 saturated carbocycles. The van der Waals surface area contributed by atoms with Crippen molar-refractivity contribution < 1.29 is 0 Å². The molecule has 0 aromatic heterocycles. The second-order valence-corrected chi connectivity index (χ2v) is 4.04. The highest BCUT2D eigenvalue weighted by Crippen LogP contribution is 2.02. The maximum Gasteiger partial charge on any atom is 0.0318 e. The molecule has 1 saturated heterocycles. The number of hydrogen-bond donors (Lipinski definition) is 2. The van der Waals surface area contributed by atoms with Gasteiger partial charge in [-0.3, -0.25) is 0 Å². The molecule has 0 spiro atoms. The summed E-state index contributed by atoms with van der Waals surface area (Å²) in [6.07, 6.45) is 0. The monoisotopic (exact) mass is 171 g/mol. The molecule has 0 amide bonds. The van der Waals surface area contributed by atoms with Crippen LogP contribution in [0.15, 0.2) is 0 Å². The molecule has 0 radical (unpaired) electrons. The quantitative estimate of drug-likeness (QED) is 0.622. The van der Waals surface area contributed by atoms with Gasteiger partial charge in [0.2, 0.25) is 0 Å². The zero-order valence-corrected chi connectivity index (χ0v) is 8.21. The molecule has 1 aliphatic heterocycles. The Labute approximate surface area is 75.3 Å². The van der Waals surface area contributed by atoms with Gasteiger partial charge >= 0.3 is 0 Å². The first-order chi connectivity index (χ1) is 5.72. The average molecular weight is 171 g/mol. The van der Waals surface area contributed by atoms with Crippen molar-refractivity contribution in [3.05, 3.63) is 0 Å². The van der Waals surface area contributed by atoms with Crippen LogP contribution in [0.2, 0.25) is 0 Å². The maximum atomic E-state index is 5.61. The van der Waals surface area contributed by atoms with Crippen LogP contribution in [-0.2, 0) is 0 Å². The lowest BCUT2D eigenvalue weighted by molar-refractivity contribution is 0.183. The van der Waals surface area contributed by atoms with Crippen molar-refractivity contribution in [3.8, 4) is 0 Å². The Kier molecular flexibility index (Phi) is 3.98. The molecule has 72 valence electrons. The van der Waals surface area contributed by atoms with Crippen LogP contribution in [0, 0.1) is 5.92 Å². The van der Waals surface area contributed by atoms with Gasteiger partial charge < -0.3 is 16.0 Å². The Morgan fingerprint density at radius 1 is 1.58 bits per heavy atom. The molecule has 1 unspecified atom stereocenters. The van der Waals surface area contributed by atoms with E-state index in [4.69, 9.17) is 5.73 Å². The Bertz CT molecular complexity index is 125. The van der Waals surface area contributed by atoms with Gasteiger partial charge in [0.05, 0.1) is 0 Å². The number of piperazine rings is 1. The van der Waals surface area contributed by atoms with Crippen molar-refractivity contribution in [2.75, 3.05) is 32.7 Å².